The molecule has 0 spiro atoms. The number of hydrogen-bond acceptors (Lipinski definition) is 2. The highest BCUT2D eigenvalue weighted by Crippen LogP contribution is 2.31. The van der Waals surface area contributed by atoms with Crippen LogP contribution in [0.3, 0.4) is 0 Å². The molecule has 0 unspecified atom stereocenters. The van der Waals surface area contributed by atoms with Crippen molar-refractivity contribution in [2.45, 2.75) is 83.8 Å². The molecule has 0 amide bonds. The van der Waals surface area contributed by atoms with Crippen LogP contribution in [0.1, 0.15) is 78.1 Å². The minimum Gasteiger partial charge on any atom is -0.452 e. The molecule has 27 heavy (non-hydrogen) atoms. The maximum absolute atomic E-state index is 6.47. The third kappa shape index (κ3) is 8.07. The fourth-order valence-corrected chi connectivity index (χ4v) is 3.49. The second-order valence-corrected chi connectivity index (χ2v) is 7.36. The van der Waals surface area contributed by atoms with Crippen LogP contribution in [0.15, 0.2) is 60.7 Å². The SMILES string of the molecule is CCCCCCCCCC(CCC)(Oc1ccccc1)Oc1ccccc1. The highest BCUT2D eigenvalue weighted by Gasteiger charge is 2.33. The lowest BCUT2D eigenvalue weighted by atomic mass is 10.0. The highest BCUT2D eigenvalue weighted by atomic mass is 16.7. The number of para-hydroxylation sites is 2. The second kappa shape index (κ2) is 12.4. The smallest absolute Gasteiger partial charge is 0.251 e. The first kappa shape index (κ1) is 21.3. The van der Waals surface area contributed by atoms with Gasteiger partial charge in [0.1, 0.15) is 11.5 Å². The van der Waals surface area contributed by atoms with E-state index in [1.54, 1.807) is 0 Å². The molecule has 2 heteroatoms. The monoisotopic (exact) mass is 368 g/mol. The van der Waals surface area contributed by atoms with E-state index >= 15 is 0 Å². The standard InChI is InChI=1S/C25H36O2/c1-3-5-6-7-8-9-16-22-25(21-4-2,26-23-17-12-10-13-18-23)27-24-19-14-11-15-20-24/h10-15,17-20H,3-9,16,21-22H2,1-2H3. The zero-order valence-corrected chi connectivity index (χ0v) is 17.2. The molecule has 0 aliphatic heterocycles. The summed E-state index contributed by atoms with van der Waals surface area (Å²) in [5.74, 6) is 1.16. The Bertz CT molecular complexity index is 553. The zero-order valence-electron chi connectivity index (χ0n) is 17.2. The van der Waals surface area contributed by atoms with E-state index in [-0.39, 0.29) is 0 Å². The lowest BCUT2D eigenvalue weighted by Crippen LogP contribution is -2.42. The van der Waals surface area contributed by atoms with E-state index in [4.69, 9.17) is 9.47 Å². The van der Waals surface area contributed by atoms with Crippen LogP contribution in [-0.2, 0) is 0 Å². The van der Waals surface area contributed by atoms with Crippen molar-refractivity contribution < 1.29 is 9.47 Å². The number of rotatable bonds is 14. The molecule has 0 N–H and O–H groups in total. The Morgan fingerprint density at radius 2 is 1.04 bits per heavy atom. The summed E-state index contributed by atoms with van der Waals surface area (Å²) in [5.41, 5.74) is 0. The van der Waals surface area contributed by atoms with Gasteiger partial charge in [0.2, 0.25) is 0 Å². The minimum atomic E-state index is -0.596. The number of hydrogen-bond donors (Lipinski definition) is 0. The van der Waals surface area contributed by atoms with Gasteiger partial charge in [-0.3, -0.25) is 0 Å². The predicted molar refractivity (Wildman–Crippen MR) is 114 cm³/mol. The summed E-state index contributed by atoms with van der Waals surface area (Å²) in [6.45, 7) is 4.46. The Hall–Kier alpha value is -1.96. The summed E-state index contributed by atoms with van der Waals surface area (Å²) in [4.78, 5) is 0. The normalized spacial score (nSPS) is 11.3. The van der Waals surface area contributed by atoms with Gasteiger partial charge in [-0.1, -0.05) is 88.8 Å². The molecule has 2 nitrogen and oxygen atoms in total. The van der Waals surface area contributed by atoms with Crippen LogP contribution in [0, 0.1) is 0 Å². The number of benzene rings is 2. The zero-order chi connectivity index (χ0) is 19.2. The average Bonchev–Trinajstić information content (AvgIpc) is 2.69. The molecule has 0 saturated heterocycles. The fraction of sp³-hybridized carbons (Fsp3) is 0.520. The van der Waals surface area contributed by atoms with Crippen molar-refractivity contribution in [3.8, 4) is 11.5 Å². The maximum atomic E-state index is 6.47. The van der Waals surface area contributed by atoms with Gasteiger partial charge in [0.25, 0.3) is 5.79 Å². The summed E-state index contributed by atoms with van der Waals surface area (Å²) in [7, 11) is 0. The second-order valence-electron chi connectivity index (χ2n) is 7.36. The molecule has 0 aromatic heterocycles. The van der Waals surface area contributed by atoms with Gasteiger partial charge < -0.3 is 9.47 Å². The van der Waals surface area contributed by atoms with Gasteiger partial charge >= 0.3 is 0 Å². The molecule has 0 radical (unpaired) electrons. The Morgan fingerprint density at radius 3 is 1.52 bits per heavy atom. The quantitative estimate of drug-likeness (QED) is 0.250. The van der Waals surface area contributed by atoms with Crippen molar-refractivity contribution in [1.29, 1.82) is 0 Å². The van der Waals surface area contributed by atoms with Crippen LogP contribution in [0.4, 0.5) is 0 Å². The molecule has 0 atom stereocenters. The van der Waals surface area contributed by atoms with Crippen LogP contribution >= 0.6 is 0 Å². The molecule has 2 aromatic rings. The van der Waals surface area contributed by atoms with Crippen LogP contribution in [0.5, 0.6) is 11.5 Å². The van der Waals surface area contributed by atoms with Gasteiger partial charge in [-0.2, -0.15) is 0 Å². The Kier molecular flexibility index (Phi) is 9.83. The average molecular weight is 369 g/mol. The van der Waals surface area contributed by atoms with Crippen LogP contribution in [0.2, 0.25) is 0 Å². The Balaban J connectivity index is 2.02. The van der Waals surface area contributed by atoms with Gasteiger partial charge in [0, 0.05) is 12.8 Å². The molecular weight excluding hydrogens is 332 g/mol. The largest absolute Gasteiger partial charge is 0.452 e. The lowest BCUT2D eigenvalue weighted by Gasteiger charge is -2.35. The first-order valence-corrected chi connectivity index (χ1v) is 10.8. The topological polar surface area (TPSA) is 18.5 Å². The van der Waals surface area contributed by atoms with E-state index in [1.807, 2.05) is 60.7 Å². The molecule has 2 rings (SSSR count). The first-order valence-electron chi connectivity index (χ1n) is 10.8. The van der Waals surface area contributed by atoms with Crippen molar-refractivity contribution in [2.24, 2.45) is 0 Å². The molecule has 0 aliphatic carbocycles. The molecule has 148 valence electrons. The summed E-state index contributed by atoms with van der Waals surface area (Å²) < 4.78 is 12.9. The lowest BCUT2D eigenvalue weighted by molar-refractivity contribution is -0.127. The van der Waals surface area contributed by atoms with E-state index in [2.05, 4.69) is 13.8 Å². The van der Waals surface area contributed by atoms with E-state index < -0.39 is 5.79 Å². The number of unbranched alkanes of at least 4 members (excludes halogenated alkanes) is 6. The van der Waals surface area contributed by atoms with E-state index in [1.165, 1.54) is 38.5 Å². The van der Waals surface area contributed by atoms with Crippen molar-refractivity contribution in [1.82, 2.24) is 0 Å². The van der Waals surface area contributed by atoms with Gasteiger partial charge in [-0.15, -0.1) is 0 Å². The fourth-order valence-electron chi connectivity index (χ4n) is 3.49. The van der Waals surface area contributed by atoms with Crippen LogP contribution < -0.4 is 9.47 Å². The summed E-state index contributed by atoms with van der Waals surface area (Å²) in [6, 6.07) is 20.2. The van der Waals surface area contributed by atoms with Gasteiger partial charge in [0.05, 0.1) is 0 Å². The van der Waals surface area contributed by atoms with Crippen molar-refractivity contribution in [3.05, 3.63) is 60.7 Å². The van der Waals surface area contributed by atoms with E-state index in [0.717, 1.165) is 37.2 Å². The third-order valence-electron chi connectivity index (χ3n) is 4.89. The van der Waals surface area contributed by atoms with Gasteiger partial charge in [0.15, 0.2) is 0 Å². The molecule has 0 saturated carbocycles. The number of ether oxygens (including phenoxy) is 2. The van der Waals surface area contributed by atoms with Gasteiger partial charge in [-0.05, 0) is 37.1 Å². The van der Waals surface area contributed by atoms with E-state index in [0.29, 0.717) is 0 Å². The van der Waals surface area contributed by atoms with Crippen molar-refractivity contribution in [3.63, 3.8) is 0 Å². The van der Waals surface area contributed by atoms with Crippen molar-refractivity contribution in [2.75, 3.05) is 0 Å². The molecular formula is C25H36O2. The summed E-state index contributed by atoms with van der Waals surface area (Å²) in [6.07, 6.45) is 11.9. The Morgan fingerprint density at radius 1 is 0.556 bits per heavy atom. The predicted octanol–water partition coefficient (Wildman–Crippen LogP) is 7.78. The van der Waals surface area contributed by atoms with Crippen LogP contribution in [-0.4, -0.2) is 5.79 Å². The molecule has 0 bridgehead atoms. The Labute approximate surface area is 165 Å². The molecule has 0 aliphatic rings. The third-order valence-corrected chi connectivity index (χ3v) is 4.89. The summed E-state index contributed by atoms with van der Waals surface area (Å²) >= 11 is 0. The minimum absolute atomic E-state index is 0.596. The van der Waals surface area contributed by atoms with Gasteiger partial charge in [-0.25, -0.2) is 0 Å². The van der Waals surface area contributed by atoms with Crippen LogP contribution in [0.25, 0.3) is 0 Å². The van der Waals surface area contributed by atoms with Crippen molar-refractivity contribution >= 4 is 0 Å². The molecule has 0 fully saturated rings. The molecule has 0 heterocycles. The maximum Gasteiger partial charge on any atom is 0.251 e. The molecule has 2 aromatic carbocycles. The first-order chi connectivity index (χ1) is 13.3. The van der Waals surface area contributed by atoms with E-state index in [9.17, 15) is 0 Å². The highest BCUT2D eigenvalue weighted by molar-refractivity contribution is 5.24. The summed E-state index contributed by atoms with van der Waals surface area (Å²) in [5, 5.41) is 0.